The Morgan fingerprint density at radius 3 is 2.00 bits per heavy atom. The largest absolute Gasteiger partial charge is 0.225 e. The zero-order valence-corrected chi connectivity index (χ0v) is 8.23. The van der Waals surface area contributed by atoms with Gasteiger partial charge < -0.3 is 0 Å². The highest BCUT2D eigenvalue weighted by molar-refractivity contribution is 5.56. The van der Waals surface area contributed by atoms with Crippen LogP contribution in [0.5, 0.6) is 0 Å². The zero-order chi connectivity index (χ0) is 9.97. The van der Waals surface area contributed by atoms with Gasteiger partial charge in [0.05, 0.1) is 0 Å². The quantitative estimate of drug-likeness (QED) is 0.683. The number of hydrogen-bond donors (Lipinski definition) is 0. The number of nitrogens with zero attached hydrogens (tertiary/aromatic N) is 3. The SMILES string of the molecule is Cc1cc(C)cc(-c2ncncn2)c1. The lowest BCUT2D eigenvalue weighted by molar-refractivity contribution is 1.05. The maximum absolute atomic E-state index is 4.11. The molecule has 0 spiro atoms. The molecule has 0 aliphatic rings. The van der Waals surface area contributed by atoms with Crippen molar-refractivity contribution < 1.29 is 0 Å². The van der Waals surface area contributed by atoms with Crippen LogP contribution in [0.1, 0.15) is 11.1 Å². The zero-order valence-electron chi connectivity index (χ0n) is 8.23. The van der Waals surface area contributed by atoms with Gasteiger partial charge in [-0.25, -0.2) is 15.0 Å². The van der Waals surface area contributed by atoms with E-state index in [4.69, 9.17) is 0 Å². The van der Waals surface area contributed by atoms with Gasteiger partial charge in [0.25, 0.3) is 0 Å². The van der Waals surface area contributed by atoms with Crippen molar-refractivity contribution >= 4 is 0 Å². The predicted octanol–water partition coefficient (Wildman–Crippen LogP) is 2.16. The van der Waals surface area contributed by atoms with E-state index >= 15 is 0 Å². The maximum atomic E-state index is 4.11. The third-order valence-electron chi connectivity index (χ3n) is 1.97. The summed E-state index contributed by atoms with van der Waals surface area (Å²) in [5.74, 6) is 0.729. The molecular weight excluding hydrogens is 174 g/mol. The third-order valence-corrected chi connectivity index (χ3v) is 1.97. The normalized spacial score (nSPS) is 10.1. The van der Waals surface area contributed by atoms with E-state index in [9.17, 15) is 0 Å². The van der Waals surface area contributed by atoms with E-state index in [0.29, 0.717) is 0 Å². The first kappa shape index (κ1) is 8.81. The van der Waals surface area contributed by atoms with Crippen molar-refractivity contribution in [3.8, 4) is 11.4 Å². The second kappa shape index (κ2) is 3.54. The van der Waals surface area contributed by atoms with E-state index in [0.717, 1.165) is 11.4 Å². The summed E-state index contributed by atoms with van der Waals surface area (Å²) in [6, 6.07) is 6.27. The van der Waals surface area contributed by atoms with Crippen molar-refractivity contribution in [1.82, 2.24) is 15.0 Å². The lowest BCUT2D eigenvalue weighted by atomic mass is 10.1. The number of benzene rings is 1. The Bertz CT molecular complexity index is 417. The Kier molecular flexibility index (Phi) is 2.23. The van der Waals surface area contributed by atoms with Crippen LogP contribution in [0, 0.1) is 13.8 Å². The molecule has 3 nitrogen and oxygen atoms in total. The van der Waals surface area contributed by atoms with Crippen molar-refractivity contribution in [2.24, 2.45) is 0 Å². The van der Waals surface area contributed by atoms with E-state index in [1.54, 1.807) is 0 Å². The fourth-order valence-electron chi connectivity index (χ4n) is 1.49. The molecule has 70 valence electrons. The summed E-state index contributed by atoms with van der Waals surface area (Å²) in [6.07, 6.45) is 3.03. The molecule has 1 aromatic heterocycles. The van der Waals surface area contributed by atoms with Gasteiger partial charge in [-0.1, -0.05) is 17.2 Å². The third kappa shape index (κ3) is 1.76. The van der Waals surface area contributed by atoms with E-state index < -0.39 is 0 Å². The topological polar surface area (TPSA) is 38.7 Å². The van der Waals surface area contributed by atoms with E-state index in [1.165, 1.54) is 23.8 Å². The van der Waals surface area contributed by atoms with Gasteiger partial charge in [-0.3, -0.25) is 0 Å². The molecule has 1 heterocycles. The van der Waals surface area contributed by atoms with Crippen LogP contribution in [-0.4, -0.2) is 15.0 Å². The summed E-state index contributed by atoms with van der Waals surface area (Å²) in [6.45, 7) is 4.13. The second-order valence-electron chi connectivity index (χ2n) is 3.34. The minimum Gasteiger partial charge on any atom is -0.225 e. The molecule has 1 aromatic carbocycles. The highest BCUT2D eigenvalue weighted by atomic mass is 15.0. The molecule has 3 heteroatoms. The summed E-state index contributed by atoms with van der Waals surface area (Å²) in [5.41, 5.74) is 3.49. The molecule has 0 fully saturated rings. The average molecular weight is 185 g/mol. The smallest absolute Gasteiger partial charge is 0.162 e. The van der Waals surface area contributed by atoms with Gasteiger partial charge in [-0.05, 0) is 26.0 Å². The average Bonchev–Trinajstić information content (AvgIpc) is 2.18. The van der Waals surface area contributed by atoms with Crippen molar-refractivity contribution in [2.75, 3.05) is 0 Å². The lowest BCUT2D eigenvalue weighted by Crippen LogP contribution is -1.90. The molecule has 0 amide bonds. The molecule has 0 aliphatic carbocycles. The highest BCUT2D eigenvalue weighted by Gasteiger charge is 2.00. The van der Waals surface area contributed by atoms with Gasteiger partial charge in [-0.15, -0.1) is 0 Å². The molecule has 0 unspecified atom stereocenters. The maximum Gasteiger partial charge on any atom is 0.162 e. The Morgan fingerprint density at radius 1 is 0.857 bits per heavy atom. The minimum absolute atomic E-state index is 0.729. The highest BCUT2D eigenvalue weighted by Crippen LogP contribution is 2.17. The number of rotatable bonds is 1. The first-order valence-corrected chi connectivity index (χ1v) is 4.46. The summed E-state index contributed by atoms with van der Waals surface area (Å²) < 4.78 is 0. The molecule has 0 atom stereocenters. The second-order valence-corrected chi connectivity index (χ2v) is 3.34. The van der Waals surface area contributed by atoms with Crippen molar-refractivity contribution in [2.45, 2.75) is 13.8 Å². The van der Waals surface area contributed by atoms with Gasteiger partial charge in [0.15, 0.2) is 5.82 Å². The Hall–Kier alpha value is -1.77. The monoisotopic (exact) mass is 185 g/mol. The molecule has 0 bridgehead atoms. The molecule has 0 N–H and O–H groups in total. The molecular formula is C11H11N3. The Morgan fingerprint density at radius 2 is 1.43 bits per heavy atom. The van der Waals surface area contributed by atoms with E-state index in [2.05, 4.69) is 47.0 Å². The van der Waals surface area contributed by atoms with Crippen LogP contribution >= 0.6 is 0 Å². The van der Waals surface area contributed by atoms with E-state index in [-0.39, 0.29) is 0 Å². The fraction of sp³-hybridized carbons (Fsp3) is 0.182. The van der Waals surface area contributed by atoms with Gasteiger partial charge in [0.1, 0.15) is 12.7 Å². The molecule has 0 aliphatic heterocycles. The van der Waals surface area contributed by atoms with Crippen LogP contribution in [-0.2, 0) is 0 Å². The van der Waals surface area contributed by atoms with Gasteiger partial charge in [0.2, 0.25) is 0 Å². The Balaban J connectivity index is 2.52. The molecule has 0 saturated carbocycles. The lowest BCUT2D eigenvalue weighted by Gasteiger charge is -2.02. The summed E-state index contributed by atoms with van der Waals surface area (Å²) >= 11 is 0. The number of hydrogen-bond acceptors (Lipinski definition) is 3. The first-order valence-electron chi connectivity index (χ1n) is 4.46. The van der Waals surface area contributed by atoms with E-state index in [1.807, 2.05) is 0 Å². The first-order chi connectivity index (χ1) is 6.75. The van der Waals surface area contributed by atoms with Crippen LogP contribution in [0.15, 0.2) is 30.9 Å². The van der Waals surface area contributed by atoms with Gasteiger partial charge in [-0.2, -0.15) is 0 Å². The van der Waals surface area contributed by atoms with Crippen LogP contribution in [0.25, 0.3) is 11.4 Å². The van der Waals surface area contributed by atoms with Crippen LogP contribution < -0.4 is 0 Å². The van der Waals surface area contributed by atoms with Gasteiger partial charge in [0, 0.05) is 5.56 Å². The number of aryl methyl sites for hydroxylation is 2. The van der Waals surface area contributed by atoms with Crippen molar-refractivity contribution in [3.05, 3.63) is 42.0 Å². The minimum atomic E-state index is 0.729. The van der Waals surface area contributed by atoms with Crippen LogP contribution in [0.3, 0.4) is 0 Å². The fourth-order valence-corrected chi connectivity index (χ4v) is 1.49. The summed E-state index contributed by atoms with van der Waals surface area (Å²) in [7, 11) is 0. The van der Waals surface area contributed by atoms with Gasteiger partial charge >= 0.3 is 0 Å². The van der Waals surface area contributed by atoms with Crippen LogP contribution in [0.2, 0.25) is 0 Å². The molecule has 2 aromatic rings. The summed E-state index contributed by atoms with van der Waals surface area (Å²) in [4.78, 5) is 12.0. The molecule has 14 heavy (non-hydrogen) atoms. The summed E-state index contributed by atoms with van der Waals surface area (Å²) in [5, 5.41) is 0. The Labute approximate surface area is 82.9 Å². The molecule has 0 saturated heterocycles. The predicted molar refractivity (Wildman–Crippen MR) is 54.7 cm³/mol. The van der Waals surface area contributed by atoms with Crippen molar-refractivity contribution in [3.63, 3.8) is 0 Å². The van der Waals surface area contributed by atoms with Crippen LogP contribution in [0.4, 0.5) is 0 Å². The van der Waals surface area contributed by atoms with Crippen molar-refractivity contribution in [1.29, 1.82) is 0 Å². The number of aromatic nitrogens is 3. The molecule has 2 rings (SSSR count). The molecule has 0 radical (unpaired) electrons. The standard InChI is InChI=1S/C11H11N3/c1-8-3-9(2)5-10(4-8)11-13-6-12-7-14-11/h3-7H,1-2H3.